The number of hydrogen-bond donors (Lipinski definition) is 1. The summed E-state index contributed by atoms with van der Waals surface area (Å²) in [4.78, 5) is 10.8. The van der Waals surface area contributed by atoms with Crippen molar-refractivity contribution in [2.24, 2.45) is 0 Å². The van der Waals surface area contributed by atoms with Gasteiger partial charge in [-0.2, -0.15) is 0 Å². The van der Waals surface area contributed by atoms with Crippen LogP contribution >= 0.6 is 11.6 Å². The molecule has 0 spiro atoms. The van der Waals surface area contributed by atoms with Gasteiger partial charge in [0.05, 0.1) is 17.3 Å². The van der Waals surface area contributed by atoms with Gasteiger partial charge in [0.15, 0.2) is 0 Å². The Balaban J connectivity index is 2.10. The van der Waals surface area contributed by atoms with Gasteiger partial charge in [0.25, 0.3) is 0 Å². The molecule has 0 bridgehead atoms. The van der Waals surface area contributed by atoms with Crippen LogP contribution in [0.3, 0.4) is 0 Å². The summed E-state index contributed by atoms with van der Waals surface area (Å²) in [5.74, 6) is 0.894. The zero-order chi connectivity index (χ0) is 15.2. The molecule has 0 saturated heterocycles. The smallest absolute Gasteiger partial charge is 0.128 e. The Labute approximate surface area is 131 Å². The number of hydrogen-bond acceptors (Lipinski definition) is 4. The fraction of sp³-hybridized carbons (Fsp3) is 0.375. The van der Waals surface area contributed by atoms with Crippen molar-refractivity contribution in [2.75, 3.05) is 11.9 Å². The zero-order valence-electron chi connectivity index (χ0n) is 12.7. The summed E-state index contributed by atoms with van der Waals surface area (Å²) < 4.78 is 0. The van der Waals surface area contributed by atoms with Gasteiger partial charge in [-0.05, 0) is 23.8 Å². The van der Waals surface area contributed by atoms with E-state index in [9.17, 15) is 0 Å². The molecule has 0 aromatic carbocycles. The van der Waals surface area contributed by atoms with Gasteiger partial charge in [-0.1, -0.05) is 31.5 Å². The molecule has 0 aliphatic rings. The van der Waals surface area contributed by atoms with Crippen LogP contribution in [0.4, 0.5) is 5.82 Å². The van der Waals surface area contributed by atoms with Crippen molar-refractivity contribution in [2.45, 2.75) is 33.0 Å². The quantitative estimate of drug-likeness (QED) is 0.889. The maximum atomic E-state index is 6.21. The highest BCUT2D eigenvalue weighted by molar-refractivity contribution is 6.31. The number of nitrogens with zero attached hydrogens (tertiary/aromatic N) is 3. The van der Waals surface area contributed by atoms with Crippen molar-refractivity contribution in [1.82, 2.24) is 15.3 Å². The van der Waals surface area contributed by atoms with E-state index in [0.717, 1.165) is 23.6 Å². The molecule has 2 aromatic rings. The minimum Gasteiger partial charge on any atom is -0.354 e. The lowest BCUT2D eigenvalue weighted by Gasteiger charge is -2.19. The molecule has 1 N–H and O–H groups in total. The van der Waals surface area contributed by atoms with Crippen LogP contribution in [0.5, 0.6) is 0 Å². The van der Waals surface area contributed by atoms with E-state index in [1.807, 2.05) is 31.3 Å². The Bertz CT molecular complexity index is 572. The number of pyridine rings is 2. The molecule has 5 heteroatoms. The maximum absolute atomic E-state index is 6.21. The van der Waals surface area contributed by atoms with Crippen LogP contribution in [0.25, 0.3) is 0 Å². The molecule has 0 atom stereocenters. The van der Waals surface area contributed by atoms with Gasteiger partial charge in [0.2, 0.25) is 0 Å². The molecule has 0 aliphatic carbocycles. The standard InChI is InChI=1S/C16H21ClN4/c1-12(2)19-9-13-8-16(20-10-15(13)17)21(3)11-14-6-4-5-7-18-14/h4-8,10,12,19H,9,11H2,1-3H3. The van der Waals surface area contributed by atoms with Gasteiger partial charge in [0, 0.05) is 32.0 Å². The van der Waals surface area contributed by atoms with Crippen LogP contribution in [-0.2, 0) is 13.1 Å². The fourth-order valence-electron chi connectivity index (χ4n) is 1.94. The monoisotopic (exact) mass is 304 g/mol. The average molecular weight is 305 g/mol. The summed E-state index contributed by atoms with van der Waals surface area (Å²) in [5.41, 5.74) is 2.07. The predicted molar refractivity (Wildman–Crippen MR) is 87.6 cm³/mol. The summed E-state index contributed by atoms with van der Waals surface area (Å²) in [6.45, 7) is 5.68. The third kappa shape index (κ3) is 4.69. The van der Waals surface area contributed by atoms with E-state index in [4.69, 9.17) is 11.6 Å². The normalized spacial score (nSPS) is 10.9. The molecule has 2 aromatic heterocycles. The second kappa shape index (κ2) is 7.38. The summed E-state index contributed by atoms with van der Waals surface area (Å²) in [6, 6.07) is 8.36. The van der Waals surface area contributed by atoms with E-state index < -0.39 is 0 Å². The highest BCUT2D eigenvalue weighted by Crippen LogP contribution is 2.20. The summed E-state index contributed by atoms with van der Waals surface area (Å²) in [5, 5.41) is 4.07. The van der Waals surface area contributed by atoms with E-state index in [1.54, 1.807) is 12.4 Å². The molecule has 2 heterocycles. The molecule has 0 saturated carbocycles. The minimum atomic E-state index is 0.420. The molecular weight excluding hydrogens is 284 g/mol. The maximum Gasteiger partial charge on any atom is 0.128 e. The first-order chi connectivity index (χ1) is 10.1. The van der Waals surface area contributed by atoms with E-state index in [2.05, 4.69) is 34.0 Å². The number of halogens is 1. The second-order valence-electron chi connectivity index (χ2n) is 5.35. The predicted octanol–water partition coefficient (Wildman–Crippen LogP) is 3.26. The van der Waals surface area contributed by atoms with Gasteiger partial charge in [-0.25, -0.2) is 4.98 Å². The summed E-state index contributed by atoms with van der Waals surface area (Å²) in [6.07, 6.45) is 3.51. The molecule has 21 heavy (non-hydrogen) atoms. The van der Waals surface area contributed by atoms with E-state index >= 15 is 0 Å². The zero-order valence-corrected chi connectivity index (χ0v) is 13.4. The van der Waals surface area contributed by atoms with E-state index in [1.165, 1.54) is 0 Å². The van der Waals surface area contributed by atoms with Crippen molar-refractivity contribution in [3.8, 4) is 0 Å². The van der Waals surface area contributed by atoms with Crippen molar-refractivity contribution >= 4 is 17.4 Å². The highest BCUT2D eigenvalue weighted by atomic mass is 35.5. The lowest BCUT2D eigenvalue weighted by molar-refractivity contribution is 0.588. The SMILES string of the molecule is CC(C)NCc1cc(N(C)Cc2ccccn2)ncc1Cl. The van der Waals surface area contributed by atoms with Crippen molar-refractivity contribution < 1.29 is 0 Å². The van der Waals surface area contributed by atoms with Gasteiger partial charge in [-0.3, -0.25) is 4.98 Å². The Morgan fingerprint density at radius 3 is 2.76 bits per heavy atom. The van der Waals surface area contributed by atoms with Gasteiger partial charge >= 0.3 is 0 Å². The summed E-state index contributed by atoms with van der Waals surface area (Å²) in [7, 11) is 2.00. The topological polar surface area (TPSA) is 41.0 Å². The third-order valence-corrected chi connectivity index (χ3v) is 3.48. The first kappa shape index (κ1) is 15.7. The lowest BCUT2D eigenvalue weighted by atomic mass is 10.2. The third-order valence-electron chi connectivity index (χ3n) is 3.14. The highest BCUT2D eigenvalue weighted by Gasteiger charge is 2.08. The molecule has 2 rings (SSSR count). The molecular formula is C16H21ClN4. The lowest BCUT2D eigenvalue weighted by Crippen LogP contribution is -2.23. The largest absolute Gasteiger partial charge is 0.354 e. The minimum absolute atomic E-state index is 0.420. The molecule has 0 unspecified atom stereocenters. The van der Waals surface area contributed by atoms with Crippen LogP contribution in [0.15, 0.2) is 36.7 Å². The van der Waals surface area contributed by atoms with Crippen molar-refractivity contribution in [1.29, 1.82) is 0 Å². The van der Waals surface area contributed by atoms with Crippen LogP contribution in [0.2, 0.25) is 5.02 Å². The van der Waals surface area contributed by atoms with Crippen molar-refractivity contribution in [3.63, 3.8) is 0 Å². The second-order valence-corrected chi connectivity index (χ2v) is 5.75. The van der Waals surface area contributed by atoms with Crippen LogP contribution in [0, 0.1) is 0 Å². The first-order valence-electron chi connectivity index (χ1n) is 7.05. The van der Waals surface area contributed by atoms with Gasteiger partial charge in [0.1, 0.15) is 5.82 Å². The average Bonchev–Trinajstić information content (AvgIpc) is 2.47. The molecule has 0 radical (unpaired) electrons. The Morgan fingerprint density at radius 1 is 1.29 bits per heavy atom. The number of nitrogens with one attached hydrogen (secondary N) is 1. The fourth-order valence-corrected chi connectivity index (χ4v) is 2.11. The Morgan fingerprint density at radius 2 is 2.10 bits per heavy atom. The van der Waals surface area contributed by atoms with E-state index in [-0.39, 0.29) is 0 Å². The molecule has 112 valence electrons. The Hall–Kier alpha value is -1.65. The van der Waals surface area contributed by atoms with Crippen LogP contribution in [-0.4, -0.2) is 23.1 Å². The van der Waals surface area contributed by atoms with Crippen molar-refractivity contribution in [3.05, 3.63) is 52.9 Å². The van der Waals surface area contributed by atoms with Gasteiger partial charge < -0.3 is 10.2 Å². The molecule has 4 nitrogen and oxygen atoms in total. The Kier molecular flexibility index (Phi) is 5.53. The van der Waals surface area contributed by atoms with E-state index in [0.29, 0.717) is 17.6 Å². The van der Waals surface area contributed by atoms with Crippen LogP contribution < -0.4 is 10.2 Å². The summed E-state index contributed by atoms with van der Waals surface area (Å²) >= 11 is 6.21. The molecule has 0 fully saturated rings. The number of rotatable bonds is 6. The van der Waals surface area contributed by atoms with Gasteiger partial charge in [-0.15, -0.1) is 0 Å². The first-order valence-corrected chi connectivity index (χ1v) is 7.43. The molecule has 0 amide bonds. The number of aromatic nitrogens is 2. The molecule has 0 aliphatic heterocycles. The number of anilines is 1. The van der Waals surface area contributed by atoms with Crippen LogP contribution in [0.1, 0.15) is 25.1 Å².